The lowest BCUT2D eigenvalue weighted by atomic mass is 9.47. The molecule has 0 aromatic heterocycles. The van der Waals surface area contributed by atoms with Crippen LogP contribution in [0.4, 0.5) is 4.39 Å². The Kier molecular flexibility index (Phi) is 5.80. The molecule has 0 saturated heterocycles. The van der Waals surface area contributed by atoms with Gasteiger partial charge in [-0.25, -0.2) is 4.39 Å². The van der Waals surface area contributed by atoms with E-state index in [4.69, 9.17) is 4.43 Å². The summed E-state index contributed by atoms with van der Waals surface area (Å²) in [5.41, 5.74) is 2.49. The molecule has 3 unspecified atom stereocenters. The first kappa shape index (κ1) is 23.4. The van der Waals surface area contributed by atoms with Crippen LogP contribution < -0.4 is 0 Å². The Hall–Kier alpha value is -0.713. The van der Waals surface area contributed by atoms with Crippen molar-refractivity contribution in [3.05, 3.63) is 35.2 Å². The third kappa shape index (κ3) is 3.65. The lowest BCUT2D eigenvalue weighted by molar-refractivity contribution is -0.0145. The van der Waals surface area contributed by atoms with E-state index >= 15 is 0 Å². The fraction of sp³-hybridized carbons (Fsp3) is 0.778. The molecule has 0 heterocycles. The first-order valence-corrected chi connectivity index (χ1v) is 15.3. The summed E-state index contributed by atoms with van der Waals surface area (Å²) in [7, 11) is -1.75. The van der Waals surface area contributed by atoms with Crippen LogP contribution in [0.15, 0.2) is 35.2 Å². The molecule has 4 heteroatoms. The van der Waals surface area contributed by atoms with Crippen molar-refractivity contribution in [2.45, 2.75) is 97.4 Å². The van der Waals surface area contributed by atoms with Gasteiger partial charge >= 0.3 is 0 Å². The van der Waals surface area contributed by atoms with Gasteiger partial charge in [-0.1, -0.05) is 58.4 Å². The molecule has 0 aliphatic heterocycles. The molecule has 2 fully saturated rings. The van der Waals surface area contributed by atoms with Crippen molar-refractivity contribution in [1.29, 1.82) is 0 Å². The van der Waals surface area contributed by atoms with Gasteiger partial charge in [0.05, 0.1) is 6.61 Å². The number of rotatable bonds is 3. The van der Waals surface area contributed by atoms with Crippen molar-refractivity contribution in [2.24, 2.45) is 28.6 Å². The average Bonchev–Trinajstić information content (AvgIpc) is 3.04. The zero-order valence-corrected chi connectivity index (χ0v) is 21.7. The van der Waals surface area contributed by atoms with Crippen molar-refractivity contribution in [3.8, 4) is 0 Å². The first-order chi connectivity index (χ1) is 14.3. The maximum Gasteiger partial charge on any atom is 0.192 e. The van der Waals surface area contributed by atoms with Crippen LogP contribution in [0.25, 0.3) is 0 Å². The van der Waals surface area contributed by atoms with E-state index in [1.54, 1.807) is 5.57 Å². The largest absolute Gasteiger partial charge is 0.414 e. The summed E-state index contributed by atoms with van der Waals surface area (Å²) in [5.74, 6) is 1.29. The summed E-state index contributed by atoms with van der Waals surface area (Å²) >= 11 is 0. The first-order valence-electron chi connectivity index (χ1n) is 12.4. The molecule has 31 heavy (non-hydrogen) atoms. The number of aliphatic hydroxyl groups is 1. The minimum Gasteiger partial charge on any atom is -0.414 e. The maximum absolute atomic E-state index is 14.4. The molecular weight excluding hydrogens is 403 g/mol. The van der Waals surface area contributed by atoms with Gasteiger partial charge in [0.15, 0.2) is 8.32 Å². The Balaban J connectivity index is 1.56. The SMILES string of the molecule is CC(C)(C)[Si](C)(C)O[C@H]1CC[C@@]2(C)C(=CCC3C2CC[C@]2(C)C(=C(F)CO)C=CC32)C1. The van der Waals surface area contributed by atoms with E-state index in [2.05, 4.69) is 59.9 Å². The second kappa shape index (κ2) is 7.67. The van der Waals surface area contributed by atoms with E-state index < -0.39 is 14.9 Å². The van der Waals surface area contributed by atoms with Gasteiger partial charge in [0, 0.05) is 11.5 Å². The quantitative estimate of drug-likeness (QED) is 0.363. The average molecular weight is 447 g/mol. The molecular formula is C27H43FO2Si. The molecule has 2 saturated carbocycles. The predicted molar refractivity (Wildman–Crippen MR) is 129 cm³/mol. The Morgan fingerprint density at radius 1 is 1.19 bits per heavy atom. The normalized spacial score (nSPS) is 41.9. The van der Waals surface area contributed by atoms with Gasteiger partial charge in [0.1, 0.15) is 5.83 Å². The summed E-state index contributed by atoms with van der Waals surface area (Å²) < 4.78 is 21.3. The van der Waals surface area contributed by atoms with Gasteiger partial charge in [-0.15, -0.1) is 0 Å². The van der Waals surface area contributed by atoms with E-state index in [0.29, 0.717) is 23.9 Å². The van der Waals surface area contributed by atoms with Crippen molar-refractivity contribution < 1.29 is 13.9 Å². The lowest BCUT2D eigenvalue weighted by Crippen LogP contribution is -2.51. The van der Waals surface area contributed by atoms with E-state index in [-0.39, 0.29) is 21.7 Å². The van der Waals surface area contributed by atoms with Crippen LogP contribution in [0.5, 0.6) is 0 Å². The fourth-order valence-corrected chi connectivity index (χ4v) is 8.51. The maximum atomic E-state index is 14.4. The topological polar surface area (TPSA) is 29.5 Å². The van der Waals surface area contributed by atoms with Crippen molar-refractivity contribution >= 4 is 8.32 Å². The zero-order chi connectivity index (χ0) is 22.8. The molecule has 0 bridgehead atoms. The van der Waals surface area contributed by atoms with Gasteiger partial charge in [-0.3, -0.25) is 0 Å². The lowest BCUT2D eigenvalue weighted by Gasteiger charge is -2.57. The van der Waals surface area contributed by atoms with Gasteiger partial charge in [-0.05, 0) is 85.4 Å². The summed E-state index contributed by atoms with van der Waals surface area (Å²) in [5, 5.41) is 9.65. The van der Waals surface area contributed by atoms with Crippen molar-refractivity contribution in [3.63, 3.8) is 0 Å². The van der Waals surface area contributed by atoms with Gasteiger partial charge in [0.25, 0.3) is 0 Å². The van der Waals surface area contributed by atoms with Crippen LogP contribution in [-0.4, -0.2) is 26.1 Å². The van der Waals surface area contributed by atoms with Gasteiger partial charge in [-0.2, -0.15) is 0 Å². The number of hydrogen-bond acceptors (Lipinski definition) is 2. The Labute approximate surface area is 190 Å². The number of allylic oxidation sites excluding steroid dienone is 4. The van der Waals surface area contributed by atoms with Gasteiger partial charge < -0.3 is 9.53 Å². The minimum atomic E-state index is -1.75. The van der Waals surface area contributed by atoms with E-state index in [9.17, 15) is 9.50 Å². The van der Waals surface area contributed by atoms with E-state index in [1.807, 2.05) is 6.08 Å². The molecule has 0 amide bonds. The number of hydrogen-bond donors (Lipinski definition) is 1. The molecule has 174 valence electrons. The smallest absolute Gasteiger partial charge is 0.192 e. The van der Waals surface area contributed by atoms with Crippen LogP contribution in [0.2, 0.25) is 18.1 Å². The molecule has 4 rings (SSSR count). The number of fused-ring (bicyclic) bond motifs is 5. The summed E-state index contributed by atoms with van der Waals surface area (Å²) in [4.78, 5) is 0. The molecule has 0 radical (unpaired) electrons. The third-order valence-electron chi connectivity index (χ3n) is 10.1. The van der Waals surface area contributed by atoms with E-state index in [1.165, 1.54) is 6.42 Å². The molecule has 6 atom stereocenters. The Bertz CT molecular complexity index is 820. The van der Waals surface area contributed by atoms with Crippen molar-refractivity contribution in [2.75, 3.05) is 6.61 Å². The minimum absolute atomic E-state index is 0.154. The second-order valence-corrected chi connectivity index (χ2v) is 17.5. The Morgan fingerprint density at radius 2 is 1.87 bits per heavy atom. The van der Waals surface area contributed by atoms with Crippen LogP contribution in [0.3, 0.4) is 0 Å². The molecule has 4 aliphatic carbocycles. The predicted octanol–water partition coefficient (Wildman–Crippen LogP) is 7.33. The highest BCUT2D eigenvalue weighted by Gasteiger charge is 2.56. The monoisotopic (exact) mass is 446 g/mol. The van der Waals surface area contributed by atoms with Crippen LogP contribution in [0.1, 0.15) is 73.1 Å². The number of aliphatic hydroxyl groups excluding tert-OH is 1. The molecule has 2 nitrogen and oxygen atoms in total. The highest BCUT2D eigenvalue weighted by molar-refractivity contribution is 6.74. The molecule has 0 aromatic rings. The zero-order valence-electron chi connectivity index (χ0n) is 20.7. The second-order valence-electron chi connectivity index (χ2n) is 12.7. The summed E-state index contributed by atoms with van der Waals surface area (Å²) in [6, 6.07) is 0. The summed E-state index contributed by atoms with van der Waals surface area (Å²) in [6.07, 6.45) is 13.9. The molecule has 0 spiro atoms. The molecule has 4 aliphatic rings. The molecule has 1 N–H and O–H groups in total. The van der Waals surface area contributed by atoms with Crippen molar-refractivity contribution in [1.82, 2.24) is 0 Å². The fourth-order valence-electron chi connectivity index (χ4n) is 7.12. The van der Waals surface area contributed by atoms with Crippen LogP contribution >= 0.6 is 0 Å². The Morgan fingerprint density at radius 3 is 2.52 bits per heavy atom. The van der Waals surface area contributed by atoms with Crippen LogP contribution in [0, 0.1) is 28.6 Å². The highest BCUT2D eigenvalue weighted by atomic mass is 28.4. The standard InChI is InChI=1S/C27H43FO2Si/c1-25(2,3)31(6,7)30-19-12-14-26(4)18(16-19)8-9-20-21-10-11-23(24(28)17-29)27(21,5)15-13-22(20)26/h8,10-11,19-22,29H,9,12-17H2,1-7H3/t19-,20?,21?,22?,26-,27-/m0/s1. The van der Waals surface area contributed by atoms with Crippen LogP contribution in [-0.2, 0) is 4.43 Å². The van der Waals surface area contributed by atoms with Gasteiger partial charge in [0.2, 0.25) is 0 Å². The highest BCUT2D eigenvalue weighted by Crippen LogP contribution is 2.65. The molecule has 0 aromatic carbocycles. The third-order valence-corrected chi connectivity index (χ3v) is 14.6. The summed E-state index contributed by atoms with van der Waals surface area (Å²) in [6.45, 7) is 16.0. The number of halogens is 1. The van der Waals surface area contributed by atoms with E-state index in [0.717, 1.165) is 37.7 Å².